The fourth-order valence-electron chi connectivity index (χ4n) is 2.46. The minimum absolute atomic E-state index is 0.0385. The van der Waals surface area contributed by atoms with Crippen LogP contribution < -0.4 is 4.74 Å². The van der Waals surface area contributed by atoms with Crippen molar-refractivity contribution in [1.82, 2.24) is 29.6 Å². The molecule has 1 fully saturated rings. The van der Waals surface area contributed by atoms with Gasteiger partial charge in [0.25, 0.3) is 5.88 Å². The average molecular weight is 313 g/mol. The van der Waals surface area contributed by atoms with E-state index in [9.17, 15) is 4.79 Å². The molecule has 0 bridgehead atoms. The first-order valence-corrected chi connectivity index (χ1v) is 7.24. The standard InChI is InChI=1S/C14H15N7O2/c15-6-12-14(18-4-3-17-12)23-11-2-1-5-20(7-11)13(22)8-21-10-16-9-19-21/h3-4,9-11H,1-2,5,7-8H2. The van der Waals surface area contributed by atoms with Gasteiger partial charge in [-0.05, 0) is 12.8 Å². The monoisotopic (exact) mass is 313 g/mol. The number of carbonyl (C=O) groups excluding carboxylic acids is 1. The molecule has 0 aromatic carbocycles. The molecular formula is C14H15N7O2. The number of carbonyl (C=O) groups is 1. The van der Waals surface area contributed by atoms with Crippen LogP contribution in [0.1, 0.15) is 18.5 Å². The molecule has 0 N–H and O–H groups in total. The van der Waals surface area contributed by atoms with Crippen LogP contribution in [0.3, 0.4) is 0 Å². The summed E-state index contributed by atoms with van der Waals surface area (Å²) in [5.41, 5.74) is 0.151. The maximum Gasteiger partial charge on any atom is 0.251 e. The van der Waals surface area contributed by atoms with Crippen LogP contribution in [0, 0.1) is 11.3 Å². The molecule has 23 heavy (non-hydrogen) atoms. The maximum absolute atomic E-state index is 12.3. The van der Waals surface area contributed by atoms with E-state index in [1.165, 1.54) is 29.7 Å². The van der Waals surface area contributed by atoms with E-state index in [1.807, 2.05) is 6.07 Å². The highest BCUT2D eigenvalue weighted by Gasteiger charge is 2.26. The molecule has 1 amide bonds. The van der Waals surface area contributed by atoms with Crippen LogP contribution >= 0.6 is 0 Å². The van der Waals surface area contributed by atoms with Gasteiger partial charge in [0.05, 0.1) is 6.54 Å². The van der Waals surface area contributed by atoms with Gasteiger partial charge < -0.3 is 9.64 Å². The zero-order chi connectivity index (χ0) is 16.1. The van der Waals surface area contributed by atoms with Gasteiger partial charge in [-0.15, -0.1) is 0 Å². The van der Waals surface area contributed by atoms with E-state index in [4.69, 9.17) is 10.00 Å². The van der Waals surface area contributed by atoms with Crippen molar-refractivity contribution < 1.29 is 9.53 Å². The molecule has 1 atom stereocenters. The van der Waals surface area contributed by atoms with E-state index in [1.54, 1.807) is 4.90 Å². The van der Waals surface area contributed by atoms with Crippen LogP contribution in [0.5, 0.6) is 5.88 Å². The molecule has 2 aromatic rings. The molecule has 0 radical (unpaired) electrons. The molecule has 0 spiro atoms. The summed E-state index contributed by atoms with van der Waals surface area (Å²) in [5, 5.41) is 13.0. The molecule has 9 nitrogen and oxygen atoms in total. The lowest BCUT2D eigenvalue weighted by Gasteiger charge is -2.32. The summed E-state index contributed by atoms with van der Waals surface area (Å²) in [6.45, 7) is 1.29. The smallest absolute Gasteiger partial charge is 0.251 e. The quantitative estimate of drug-likeness (QED) is 0.782. The number of amides is 1. The predicted octanol–water partition coefficient (Wildman–Crippen LogP) is 0.00978. The van der Waals surface area contributed by atoms with Crippen LogP contribution in [0.25, 0.3) is 0 Å². The van der Waals surface area contributed by atoms with Crippen LogP contribution in [0.2, 0.25) is 0 Å². The molecule has 118 valence electrons. The predicted molar refractivity (Wildman–Crippen MR) is 77.0 cm³/mol. The Kier molecular flexibility index (Phi) is 4.42. The lowest BCUT2D eigenvalue weighted by Crippen LogP contribution is -2.45. The zero-order valence-electron chi connectivity index (χ0n) is 12.4. The van der Waals surface area contributed by atoms with Crippen LogP contribution in [-0.2, 0) is 11.3 Å². The molecule has 3 heterocycles. The number of nitriles is 1. The van der Waals surface area contributed by atoms with Crippen molar-refractivity contribution in [3.63, 3.8) is 0 Å². The summed E-state index contributed by atoms with van der Waals surface area (Å²) >= 11 is 0. The third-order valence-corrected chi connectivity index (χ3v) is 3.54. The Labute approximate surface area is 132 Å². The van der Waals surface area contributed by atoms with Crippen molar-refractivity contribution in [3.8, 4) is 11.9 Å². The van der Waals surface area contributed by atoms with Gasteiger partial charge >= 0.3 is 0 Å². The van der Waals surface area contributed by atoms with Crippen molar-refractivity contribution in [2.24, 2.45) is 0 Å². The summed E-state index contributed by atoms with van der Waals surface area (Å²) in [5.74, 6) is 0.175. The van der Waals surface area contributed by atoms with E-state index in [0.29, 0.717) is 13.1 Å². The first kappa shape index (κ1) is 14.9. The molecule has 3 rings (SSSR count). The summed E-state index contributed by atoms with van der Waals surface area (Å²) in [4.78, 5) is 25.8. The van der Waals surface area contributed by atoms with E-state index in [2.05, 4.69) is 20.1 Å². The molecule has 0 aliphatic carbocycles. The largest absolute Gasteiger partial charge is 0.470 e. The number of rotatable bonds is 4. The first-order chi connectivity index (χ1) is 11.3. The van der Waals surface area contributed by atoms with Crippen LogP contribution in [-0.4, -0.2) is 54.7 Å². The fourth-order valence-corrected chi connectivity index (χ4v) is 2.46. The van der Waals surface area contributed by atoms with Gasteiger partial charge in [-0.25, -0.2) is 19.6 Å². The van der Waals surface area contributed by atoms with E-state index >= 15 is 0 Å². The number of hydrogen-bond donors (Lipinski definition) is 0. The molecule has 1 unspecified atom stereocenters. The van der Waals surface area contributed by atoms with Gasteiger partial charge in [-0.1, -0.05) is 0 Å². The van der Waals surface area contributed by atoms with E-state index < -0.39 is 0 Å². The van der Waals surface area contributed by atoms with Crippen molar-refractivity contribution >= 4 is 5.91 Å². The van der Waals surface area contributed by atoms with Crippen molar-refractivity contribution in [2.45, 2.75) is 25.5 Å². The molecule has 1 aliphatic heterocycles. The molecular weight excluding hydrogens is 298 g/mol. The third kappa shape index (κ3) is 3.60. The SMILES string of the molecule is N#Cc1nccnc1OC1CCCN(C(=O)Cn2cncn2)C1. The molecule has 1 saturated heterocycles. The zero-order valence-corrected chi connectivity index (χ0v) is 12.4. The number of ether oxygens (including phenoxy) is 1. The normalized spacial score (nSPS) is 17.5. The number of aromatic nitrogens is 5. The Morgan fingerprint density at radius 1 is 1.43 bits per heavy atom. The van der Waals surface area contributed by atoms with Gasteiger partial charge in [0.1, 0.15) is 31.4 Å². The Morgan fingerprint density at radius 2 is 2.30 bits per heavy atom. The Bertz CT molecular complexity index is 710. The molecule has 2 aromatic heterocycles. The average Bonchev–Trinajstić information content (AvgIpc) is 3.08. The Hall–Kier alpha value is -3.02. The summed E-state index contributed by atoms with van der Waals surface area (Å²) in [6.07, 6.45) is 7.26. The third-order valence-electron chi connectivity index (χ3n) is 3.54. The topological polar surface area (TPSA) is 110 Å². The molecule has 0 saturated carbocycles. The van der Waals surface area contributed by atoms with Gasteiger partial charge in [-0.2, -0.15) is 10.4 Å². The highest BCUT2D eigenvalue weighted by atomic mass is 16.5. The van der Waals surface area contributed by atoms with Gasteiger partial charge in [0, 0.05) is 18.9 Å². The van der Waals surface area contributed by atoms with E-state index in [0.717, 1.165) is 12.8 Å². The number of piperidine rings is 1. The lowest BCUT2D eigenvalue weighted by atomic mass is 10.1. The van der Waals surface area contributed by atoms with Crippen LogP contribution in [0.4, 0.5) is 0 Å². The first-order valence-electron chi connectivity index (χ1n) is 7.24. The van der Waals surface area contributed by atoms with E-state index in [-0.39, 0.29) is 30.1 Å². The summed E-state index contributed by atoms with van der Waals surface area (Å²) in [7, 11) is 0. The Morgan fingerprint density at radius 3 is 3.09 bits per heavy atom. The minimum Gasteiger partial charge on any atom is -0.470 e. The van der Waals surface area contributed by atoms with Gasteiger partial charge in [0.2, 0.25) is 11.6 Å². The Balaban J connectivity index is 1.62. The van der Waals surface area contributed by atoms with Gasteiger partial charge in [0.15, 0.2) is 0 Å². The lowest BCUT2D eigenvalue weighted by molar-refractivity contribution is -0.134. The van der Waals surface area contributed by atoms with Crippen LogP contribution in [0.15, 0.2) is 25.0 Å². The molecule has 1 aliphatic rings. The number of likely N-dealkylation sites (tertiary alicyclic amines) is 1. The number of nitrogens with zero attached hydrogens (tertiary/aromatic N) is 7. The second-order valence-corrected chi connectivity index (χ2v) is 5.14. The number of hydrogen-bond acceptors (Lipinski definition) is 7. The van der Waals surface area contributed by atoms with Crippen molar-refractivity contribution in [1.29, 1.82) is 5.26 Å². The minimum atomic E-state index is -0.202. The van der Waals surface area contributed by atoms with Gasteiger partial charge in [-0.3, -0.25) is 4.79 Å². The summed E-state index contributed by atoms with van der Waals surface area (Å²) < 4.78 is 7.26. The highest BCUT2D eigenvalue weighted by molar-refractivity contribution is 5.76. The van der Waals surface area contributed by atoms with Crippen molar-refractivity contribution in [2.75, 3.05) is 13.1 Å². The summed E-state index contributed by atoms with van der Waals surface area (Å²) in [6, 6.07) is 1.95. The molecule has 9 heteroatoms. The second-order valence-electron chi connectivity index (χ2n) is 5.14. The maximum atomic E-state index is 12.3. The second kappa shape index (κ2) is 6.83. The highest BCUT2D eigenvalue weighted by Crippen LogP contribution is 2.18. The fraction of sp³-hybridized carbons (Fsp3) is 0.429. The van der Waals surface area contributed by atoms with Crippen molar-refractivity contribution in [3.05, 3.63) is 30.7 Å².